The van der Waals surface area contributed by atoms with Crippen molar-refractivity contribution in [3.63, 3.8) is 0 Å². The molecule has 1 heterocycles. The summed E-state index contributed by atoms with van der Waals surface area (Å²) in [6, 6.07) is 11.4. The Hall–Kier alpha value is -3.22. The largest absolute Gasteiger partial charge is 0.436 e. The zero-order valence-electron chi connectivity index (χ0n) is 13.1. The van der Waals surface area contributed by atoms with Crippen molar-refractivity contribution >= 4 is 28.4 Å². The zero-order valence-corrected chi connectivity index (χ0v) is 13.1. The highest BCUT2D eigenvalue weighted by Gasteiger charge is 2.16. The van der Waals surface area contributed by atoms with Gasteiger partial charge in [0.25, 0.3) is 5.69 Å². The van der Waals surface area contributed by atoms with Crippen LogP contribution in [0.5, 0.6) is 0 Å². The second-order valence-electron chi connectivity index (χ2n) is 5.62. The first-order chi connectivity index (χ1) is 11.5. The molecule has 0 spiro atoms. The van der Waals surface area contributed by atoms with Crippen LogP contribution in [0.25, 0.3) is 22.6 Å². The fraction of sp³-hybridized carbons (Fsp3) is 0.176. The van der Waals surface area contributed by atoms with Crippen LogP contribution in [0.1, 0.15) is 13.8 Å². The van der Waals surface area contributed by atoms with Crippen molar-refractivity contribution in [2.24, 2.45) is 5.92 Å². The third-order valence-corrected chi connectivity index (χ3v) is 3.52. The summed E-state index contributed by atoms with van der Waals surface area (Å²) in [5, 5.41) is 13.7. The number of amides is 1. The number of hydrogen-bond acceptors (Lipinski definition) is 5. The van der Waals surface area contributed by atoms with E-state index in [-0.39, 0.29) is 17.5 Å². The fourth-order valence-electron chi connectivity index (χ4n) is 2.20. The van der Waals surface area contributed by atoms with Crippen molar-refractivity contribution in [3.05, 3.63) is 52.6 Å². The number of nitro groups is 1. The van der Waals surface area contributed by atoms with Crippen molar-refractivity contribution in [2.75, 3.05) is 5.32 Å². The normalized spacial score (nSPS) is 11.0. The highest BCUT2D eigenvalue weighted by Crippen LogP contribution is 2.31. The van der Waals surface area contributed by atoms with Crippen molar-refractivity contribution < 1.29 is 14.1 Å². The van der Waals surface area contributed by atoms with Crippen LogP contribution in [0.4, 0.5) is 11.4 Å². The zero-order chi connectivity index (χ0) is 17.3. The van der Waals surface area contributed by atoms with Crippen molar-refractivity contribution in [1.29, 1.82) is 0 Å². The van der Waals surface area contributed by atoms with Crippen LogP contribution in [0.2, 0.25) is 0 Å². The van der Waals surface area contributed by atoms with Crippen molar-refractivity contribution in [1.82, 2.24) is 4.98 Å². The average molecular weight is 325 g/mol. The maximum absolute atomic E-state index is 12.0. The molecule has 1 N–H and O–H groups in total. The van der Waals surface area contributed by atoms with Crippen LogP contribution < -0.4 is 5.32 Å². The minimum Gasteiger partial charge on any atom is -0.436 e. The van der Waals surface area contributed by atoms with Gasteiger partial charge in [-0.25, -0.2) is 4.98 Å². The van der Waals surface area contributed by atoms with Crippen molar-refractivity contribution in [2.45, 2.75) is 13.8 Å². The third-order valence-electron chi connectivity index (χ3n) is 3.52. The second-order valence-corrected chi connectivity index (χ2v) is 5.62. The van der Waals surface area contributed by atoms with Gasteiger partial charge in [-0.1, -0.05) is 26.0 Å². The average Bonchev–Trinajstić information content (AvgIpc) is 2.97. The van der Waals surface area contributed by atoms with E-state index in [9.17, 15) is 14.9 Å². The van der Waals surface area contributed by atoms with Gasteiger partial charge in [-0.2, -0.15) is 0 Å². The summed E-state index contributed by atoms with van der Waals surface area (Å²) in [6.07, 6.45) is 0. The molecule has 3 aromatic rings. The van der Waals surface area contributed by atoms with Gasteiger partial charge in [0.05, 0.1) is 22.2 Å². The predicted molar refractivity (Wildman–Crippen MR) is 89.6 cm³/mol. The summed E-state index contributed by atoms with van der Waals surface area (Å²) in [4.78, 5) is 26.7. The van der Waals surface area contributed by atoms with E-state index >= 15 is 0 Å². The number of fused-ring (bicyclic) bond motifs is 1. The van der Waals surface area contributed by atoms with E-state index < -0.39 is 4.92 Å². The van der Waals surface area contributed by atoms with Gasteiger partial charge < -0.3 is 9.73 Å². The molecule has 0 radical (unpaired) electrons. The van der Waals surface area contributed by atoms with Gasteiger partial charge in [0.1, 0.15) is 5.52 Å². The molecule has 0 aliphatic rings. The van der Waals surface area contributed by atoms with E-state index in [2.05, 4.69) is 10.3 Å². The molecule has 1 amide bonds. The van der Waals surface area contributed by atoms with Crippen LogP contribution in [-0.2, 0) is 4.79 Å². The molecule has 0 aliphatic heterocycles. The molecule has 0 unspecified atom stereocenters. The summed E-state index contributed by atoms with van der Waals surface area (Å²) in [5.74, 6) is 0.0173. The first-order valence-electron chi connectivity index (χ1n) is 7.41. The molecule has 0 bridgehead atoms. The minimum atomic E-state index is -0.488. The van der Waals surface area contributed by atoms with Gasteiger partial charge in [0, 0.05) is 12.0 Å². The standard InChI is InChI=1S/C17H15N3O4/c1-10(2)16(21)18-13-6-4-3-5-12(13)17-19-14-8-7-11(20(22)23)9-15(14)24-17/h3-10H,1-2H3,(H,18,21). The molecular formula is C17H15N3O4. The number of hydrogen-bond donors (Lipinski definition) is 1. The van der Waals surface area contributed by atoms with Crippen LogP contribution >= 0.6 is 0 Å². The number of para-hydroxylation sites is 1. The van der Waals surface area contributed by atoms with Crippen LogP contribution in [0.15, 0.2) is 46.9 Å². The van der Waals surface area contributed by atoms with Crippen LogP contribution in [0, 0.1) is 16.0 Å². The Kier molecular flexibility index (Phi) is 3.99. The highest BCUT2D eigenvalue weighted by atomic mass is 16.6. The lowest BCUT2D eigenvalue weighted by Gasteiger charge is -2.10. The monoisotopic (exact) mass is 325 g/mol. The van der Waals surface area contributed by atoms with Crippen molar-refractivity contribution in [3.8, 4) is 11.5 Å². The number of oxazole rings is 1. The molecule has 0 fully saturated rings. The number of nitro benzene ring substituents is 1. The lowest BCUT2D eigenvalue weighted by Crippen LogP contribution is -2.18. The van der Waals surface area contributed by atoms with E-state index in [1.807, 2.05) is 0 Å². The molecule has 3 rings (SSSR count). The number of benzene rings is 2. The maximum atomic E-state index is 12.0. The Bertz CT molecular complexity index is 930. The molecule has 0 saturated heterocycles. The molecule has 0 saturated carbocycles. The SMILES string of the molecule is CC(C)C(=O)Nc1ccccc1-c1nc2ccc([N+](=O)[O-])cc2o1. The summed E-state index contributed by atoms with van der Waals surface area (Å²) >= 11 is 0. The summed E-state index contributed by atoms with van der Waals surface area (Å²) in [5.41, 5.74) is 1.97. The Morgan fingerprint density at radius 2 is 2.00 bits per heavy atom. The second kappa shape index (κ2) is 6.11. The molecule has 0 atom stereocenters. The van der Waals surface area contributed by atoms with Gasteiger partial charge in [-0.05, 0) is 18.2 Å². The molecule has 7 nitrogen and oxygen atoms in total. The summed E-state index contributed by atoms with van der Waals surface area (Å²) in [6.45, 7) is 3.60. The molecule has 0 aliphatic carbocycles. The van der Waals surface area contributed by atoms with Gasteiger partial charge in [-0.15, -0.1) is 0 Å². The first kappa shape index (κ1) is 15.7. The highest BCUT2D eigenvalue weighted by molar-refractivity contribution is 5.96. The van der Waals surface area contributed by atoms with Gasteiger partial charge >= 0.3 is 0 Å². The lowest BCUT2D eigenvalue weighted by molar-refractivity contribution is -0.384. The molecule has 1 aromatic heterocycles. The van der Waals surface area contributed by atoms with Crippen LogP contribution in [0.3, 0.4) is 0 Å². The number of nitrogens with zero attached hydrogens (tertiary/aromatic N) is 2. The van der Waals surface area contributed by atoms with E-state index in [4.69, 9.17) is 4.42 Å². The first-order valence-corrected chi connectivity index (χ1v) is 7.41. The Morgan fingerprint density at radius 3 is 2.71 bits per heavy atom. The van der Waals surface area contributed by atoms with Gasteiger partial charge in [0.2, 0.25) is 11.8 Å². The number of nitrogens with one attached hydrogen (secondary N) is 1. The smallest absolute Gasteiger partial charge is 0.273 e. The number of non-ortho nitro benzene ring substituents is 1. The maximum Gasteiger partial charge on any atom is 0.273 e. The number of rotatable bonds is 4. The van der Waals surface area contributed by atoms with E-state index in [1.54, 1.807) is 38.1 Å². The topological polar surface area (TPSA) is 98.3 Å². The van der Waals surface area contributed by atoms with E-state index in [1.165, 1.54) is 18.2 Å². The fourth-order valence-corrected chi connectivity index (χ4v) is 2.20. The number of aromatic nitrogens is 1. The summed E-state index contributed by atoms with van der Waals surface area (Å²) < 4.78 is 5.66. The number of carbonyl (C=O) groups excluding carboxylic acids is 1. The molecule has 122 valence electrons. The van der Waals surface area contributed by atoms with Gasteiger partial charge in [-0.3, -0.25) is 14.9 Å². The van der Waals surface area contributed by atoms with E-state index in [0.29, 0.717) is 28.2 Å². The lowest BCUT2D eigenvalue weighted by atomic mass is 10.1. The molecule has 24 heavy (non-hydrogen) atoms. The third kappa shape index (κ3) is 2.96. The number of carbonyl (C=O) groups is 1. The van der Waals surface area contributed by atoms with Gasteiger partial charge in [0.15, 0.2) is 5.58 Å². The molecular weight excluding hydrogens is 310 g/mol. The predicted octanol–water partition coefficient (Wildman–Crippen LogP) is 4.00. The minimum absolute atomic E-state index is 0.0633. The Balaban J connectivity index is 2.04. The quantitative estimate of drug-likeness (QED) is 0.577. The van der Waals surface area contributed by atoms with Crippen LogP contribution in [-0.4, -0.2) is 15.8 Å². The Labute approximate surface area is 137 Å². The summed E-state index contributed by atoms with van der Waals surface area (Å²) in [7, 11) is 0. The number of anilines is 1. The Morgan fingerprint density at radius 1 is 1.25 bits per heavy atom. The molecule has 2 aromatic carbocycles. The molecule has 7 heteroatoms. The van der Waals surface area contributed by atoms with E-state index in [0.717, 1.165) is 0 Å².